The maximum atomic E-state index is 11.9. The number of nitrogens with zero attached hydrogens (tertiary/aromatic N) is 2. The highest BCUT2D eigenvalue weighted by Gasteiger charge is 2.27. The Morgan fingerprint density at radius 2 is 2.06 bits per heavy atom. The van der Waals surface area contributed by atoms with Gasteiger partial charge in [0.25, 0.3) is 5.91 Å². The lowest BCUT2D eigenvalue weighted by Gasteiger charge is -2.14. The summed E-state index contributed by atoms with van der Waals surface area (Å²) in [5.74, 6) is -1.18. The Morgan fingerprint density at radius 3 is 2.56 bits per heavy atom. The van der Waals surface area contributed by atoms with E-state index >= 15 is 0 Å². The Balaban J connectivity index is 2.38. The van der Waals surface area contributed by atoms with Crippen LogP contribution in [0.15, 0.2) is 12.1 Å². The first-order valence-electron chi connectivity index (χ1n) is 5.61. The van der Waals surface area contributed by atoms with Gasteiger partial charge in [0.1, 0.15) is 5.69 Å². The predicted molar refractivity (Wildman–Crippen MR) is 62.9 cm³/mol. The van der Waals surface area contributed by atoms with E-state index in [9.17, 15) is 9.59 Å². The summed E-state index contributed by atoms with van der Waals surface area (Å²) >= 11 is 0. The summed E-state index contributed by atoms with van der Waals surface area (Å²) in [5, 5.41) is 8.89. The third kappa shape index (κ3) is 2.58. The van der Waals surface area contributed by atoms with Crippen molar-refractivity contribution in [1.29, 1.82) is 0 Å². The smallest absolute Gasteiger partial charge is 0.354 e. The number of carbonyl (C=O) groups is 2. The molecule has 6 nitrogen and oxygen atoms in total. The minimum absolute atomic E-state index is 0.0480. The first-order chi connectivity index (χ1) is 8.49. The number of carbonyl (C=O) groups excluding carboxylic acids is 1. The number of hydrogen-bond acceptors (Lipinski definition) is 4. The second-order valence-corrected chi connectivity index (χ2v) is 4.37. The standard InChI is InChI=1S/C12H14N2O4/c1-14(2)11(15)10-9(18-7-3-4-7)6-5-8(13-10)12(16)17/h5-7H,3-4H2,1-2H3,(H,16,17). The average molecular weight is 250 g/mol. The Bertz CT molecular complexity index is 495. The van der Waals surface area contributed by atoms with Gasteiger partial charge in [-0.15, -0.1) is 0 Å². The molecule has 0 aromatic carbocycles. The van der Waals surface area contributed by atoms with Gasteiger partial charge in [0.15, 0.2) is 11.4 Å². The Hall–Kier alpha value is -2.11. The molecule has 18 heavy (non-hydrogen) atoms. The van der Waals surface area contributed by atoms with E-state index in [1.807, 2.05) is 0 Å². The van der Waals surface area contributed by atoms with Gasteiger partial charge in [0.2, 0.25) is 0 Å². The van der Waals surface area contributed by atoms with Crippen LogP contribution in [0.25, 0.3) is 0 Å². The van der Waals surface area contributed by atoms with Crippen molar-refractivity contribution in [1.82, 2.24) is 9.88 Å². The molecule has 1 aromatic rings. The van der Waals surface area contributed by atoms with Gasteiger partial charge >= 0.3 is 5.97 Å². The Labute approximate surface area is 104 Å². The lowest BCUT2D eigenvalue weighted by atomic mass is 10.2. The van der Waals surface area contributed by atoms with Crippen molar-refractivity contribution in [3.05, 3.63) is 23.5 Å². The van der Waals surface area contributed by atoms with Crippen molar-refractivity contribution in [3.63, 3.8) is 0 Å². The lowest BCUT2D eigenvalue weighted by Crippen LogP contribution is -2.24. The second-order valence-electron chi connectivity index (χ2n) is 4.37. The highest BCUT2D eigenvalue weighted by molar-refractivity contribution is 5.96. The average Bonchev–Trinajstić information content (AvgIpc) is 3.12. The normalized spacial score (nSPS) is 14.1. The molecule has 6 heteroatoms. The largest absolute Gasteiger partial charge is 0.488 e. The molecular formula is C12H14N2O4. The van der Waals surface area contributed by atoms with E-state index in [2.05, 4.69) is 4.98 Å². The summed E-state index contributed by atoms with van der Waals surface area (Å²) in [6.45, 7) is 0. The van der Waals surface area contributed by atoms with Crippen LogP contribution in [0.4, 0.5) is 0 Å². The van der Waals surface area contributed by atoms with Crippen LogP contribution in [-0.4, -0.2) is 47.1 Å². The summed E-state index contributed by atoms with van der Waals surface area (Å²) in [5.41, 5.74) is -0.116. The van der Waals surface area contributed by atoms with Crippen LogP contribution in [-0.2, 0) is 0 Å². The minimum Gasteiger partial charge on any atom is -0.488 e. The summed E-state index contributed by atoms with van der Waals surface area (Å²) in [6.07, 6.45) is 2.03. The van der Waals surface area contributed by atoms with Crippen LogP contribution >= 0.6 is 0 Å². The van der Waals surface area contributed by atoms with E-state index in [-0.39, 0.29) is 23.4 Å². The molecule has 1 fully saturated rings. The van der Waals surface area contributed by atoms with Crippen molar-refractivity contribution in [2.24, 2.45) is 0 Å². The van der Waals surface area contributed by atoms with Gasteiger partial charge in [-0.2, -0.15) is 0 Å². The fraction of sp³-hybridized carbons (Fsp3) is 0.417. The maximum absolute atomic E-state index is 11.9. The van der Waals surface area contributed by atoms with Gasteiger partial charge in [0, 0.05) is 14.1 Å². The molecule has 1 aromatic heterocycles. The summed E-state index contributed by atoms with van der Waals surface area (Å²) < 4.78 is 5.56. The molecule has 0 unspecified atom stereocenters. The van der Waals surface area contributed by atoms with E-state index < -0.39 is 5.97 Å². The zero-order valence-corrected chi connectivity index (χ0v) is 10.2. The topological polar surface area (TPSA) is 79.7 Å². The molecule has 1 aliphatic carbocycles. The van der Waals surface area contributed by atoms with Crippen LogP contribution in [0.5, 0.6) is 5.75 Å². The number of ether oxygens (including phenoxy) is 1. The fourth-order valence-corrected chi connectivity index (χ4v) is 1.39. The molecule has 1 N–H and O–H groups in total. The Kier molecular flexibility index (Phi) is 3.18. The van der Waals surface area contributed by atoms with Crippen LogP contribution in [0.1, 0.15) is 33.8 Å². The molecular weight excluding hydrogens is 236 g/mol. The number of carboxylic acids is 1. The highest BCUT2D eigenvalue weighted by atomic mass is 16.5. The maximum Gasteiger partial charge on any atom is 0.354 e. The Morgan fingerprint density at radius 1 is 1.39 bits per heavy atom. The van der Waals surface area contributed by atoms with Crippen molar-refractivity contribution in [2.75, 3.05) is 14.1 Å². The van der Waals surface area contributed by atoms with Gasteiger partial charge < -0.3 is 14.7 Å². The van der Waals surface area contributed by atoms with Crippen LogP contribution in [0, 0.1) is 0 Å². The number of pyridine rings is 1. The minimum atomic E-state index is -1.17. The SMILES string of the molecule is CN(C)C(=O)c1nc(C(=O)O)ccc1OC1CC1. The molecule has 0 radical (unpaired) electrons. The fourth-order valence-electron chi connectivity index (χ4n) is 1.39. The van der Waals surface area contributed by atoms with Crippen molar-refractivity contribution in [3.8, 4) is 5.75 Å². The summed E-state index contributed by atoms with van der Waals surface area (Å²) in [7, 11) is 3.16. The number of aromatic carboxylic acids is 1. The molecule has 1 aliphatic rings. The lowest BCUT2D eigenvalue weighted by molar-refractivity contribution is 0.0690. The monoisotopic (exact) mass is 250 g/mol. The van der Waals surface area contributed by atoms with Crippen molar-refractivity contribution >= 4 is 11.9 Å². The van der Waals surface area contributed by atoms with Crippen LogP contribution in [0.2, 0.25) is 0 Å². The molecule has 1 amide bonds. The third-order valence-corrected chi connectivity index (χ3v) is 2.50. The molecule has 0 bridgehead atoms. The zero-order valence-electron chi connectivity index (χ0n) is 10.2. The number of rotatable bonds is 4. The highest BCUT2D eigenvalue weighted by Crippen LogP contribution is 2.29. The van der Waals surface area contributed by atoms with E-state index in [0.29, 0.717) is 5.75 Å². The summed E-state index contributed by atoms with van der Waals surface area (Å²) in [6, 6.07) is 2.83. The molecule has 0 spiro atoms. The molecule has 1 saturated carbocycles. The van der Waals surface area contributed by atoms with Gasteiger partial charge in [-0.25, -0.2) is 9.78 Å². The van der Waals surface area contributed by atoms with E-state index in [1.54, 1.807) is 14.1 Å². The number of carboxylic acid groups (broad SMARTS) is 1. The first kappa shape index (κ1) is 12.3. The molecule has 1 heterocycles. The van der Waals surface area contributed by atoms with Crippen LogP contribution in [0.3, 0.4) is 0 Å². The van der Waals surface area contributed by atoms with Gasteiger partial charge in [-0.05, 0) is 25.0 Å². The van der Waals surface area contributed by atoms with Gasteiger partial charge in [-0.1, -0.05) is 0 Å². The number of hydrogen-bond donors (Lipinski definition) is 1. The van der Waals surface area contributed by atoms with Crippen molar-refractivity contribution in [2.45, 2.75) is 18.9 Å². The molecule has 2 rings (SSSR count). The van der Waals surface area contributed by atoms with E-state index in [0.717, 1.165) is 12.8 Å². The van der Waals surface area contributed by atoms with Gasteiger partial charge in [0.05, 0.1) is 6.10 Å². The van der Waals surface area contributed by atoms with Gasteiger partial charge in [-0.3, -0.25) is 4.79 Å². The summed E-state index contributed by atoms with van der Waals surface area (Å²) in [4.78, 5) is 28.0. The first-order valence-corrected chi connectivity index (χ1v) is 5.61. The van der Waals surface area contributed by atoms with Crippen LogP contribution < -0.4 is 4.74 Å². The molecule has 0 saturated heterocycles. The number of aromatic nitrogens is 1. The van der Waals surface area contributed by atoms with E-state index in [1.165, 1.54) is 17.0 Å². The molecule has 0 aliphatic heterocycles. The van der Waals surface area contributed by atoms with E-state index in [4.69, 9.17) is 9.84 Å². The number of amides is 1. The quantitative estimate of drug-likeness (QED) is 0.863. The third-order valence-electron chi connectivity index (χ3n) is 2.50. The second kappa shape index (κ2) is 4.64. The van der Waals surface area contributed by atoms with Crippen molar-refractivity contribution < 1.29 is 19.4 Å². The molecule has 0 atom stereocenters. The predicted octanol–water partition coefficient (Wildman–Crippen LogP) is 1.02. The molecule has 96 valence electrons. The zero-order chi connectivity index (χ0) is 13.3.